The van der Waals surface area contributed by atoms with Crippen LogP contribution in [0.1, 0.15) is 25.7 Å². The summed E-state index contributed by atoms with van der Waals surface area (Å²) < 4.78 is 13.4. The number of benzene rings is 2. The van der Waals surface area contributed by atoms with Gasteiger partial charge in [0.2, 0.25) is 5.91 Å². The fraction of sp³-hybridized carbons (Fsp3) is 0.435. The Morgan fingerprint density at radius 2 is 1.82 bits per heavy atom. The second kappa shape index (κ2) is 9.10. The van der Waals surface area contributed by atoms with Gasteiger partial charge in [-0.2, -0.15) is 11.8 Å². The molecule has 0 aliphatic carbocycles. The van der Waals surface area contributed by atoms with Gasteiger partial charge in [-0.05, 0) is 79.1 Å². The molecule has 2 aliphatic rings. The number of likely N-dealkylation sites (tertiary alicyclic amines) is 1. The maximum Gasteiger partial charge on any atom is 0.228 e. The van der Waals surface area contributed by atoms with Crippen molar-refractivity contribution in [2.45, 2.75) is 31.7 Å². The van der Waals surface area contributed by atoms with Crippen LogP contribution in [0.15, 0.2) is 48.5 Å². The minimum absolute atomic E-state index is 0.0613. The molecule has 1 unspecified atom stereocenters. The van der Waals surface area contributed by atoms with Crippen molar-refractivity contribution in [3.8, 4) is 11.1 Å². The number of carbonyl (C=O) groups excluding carboxylic acids is 1. The summed E-state index contributed by atoms with van der Waals surface area (Å²) in [5.74, 6) is 2.43. The number of amides is 1. The molecule has 0 aromatic heterocycles. The van der Waals surface area contributed by atoms with E-state index >= 15 is 0 Å². The minimum atomic E-state index is -0.242. The first-order valence-electron chi connectivity index (χ1n) is 10.2. The Balaban J connectivity index is 1.36. The van der Waals surface area contributed by atoms with Crippen LogP contribution in [0.5, 0.6) is 0 Å². The molecule has 2 saturated heterocycles. The molecule has 2 aliphatic heterocycles. The molecule has 2 fully saturated rings. The average molecular weight is 399 g/mol. The summed E-state index contributed by atoms with van der Waals surface area (Å²) in [5, 5.41) is 3.08. The minimum Gasteiger partial charge on any atom is -0.326 e. The van der Waals surface area contributed by atoms with Crippen LogP contribution >= 0.6 is 11.8 Å². The molecular formula is C23H27FN2OS. The molecule has 0 spiro atoms. The summed E-state index contributed by atoms with van der Waals surface area (Å²) >= 11 is 2.05. The van der Waals surface area contributed by atoms with Crippen molar-refractivity contribution < 1.29 is 9.18 Å². The Morgan fingerprint density at radius 3 is 2.57 bits per heavy atom. The zero-order valence-corrected chi connectivity index (χ0v) is 16.9. The van der Waals surface area contributed by atoms with Crippen LogP contribution < -0.4 is 5.32 Å². The van der Waals surface area contributed by atoms with Gasteiger partial charge in [-0.25, -0.2) is 4.39 Å². The van der Waals surface area contributed by atoms with Gasteiger partial charge in [0.15, 0.2) is 0 Å². The lowest BCUT2D eigenvalue weighted by Gasteiger charge is -2.39. The Bertz CT molecular complexity index is 805. The lowest BCUT2D eigenvalue weighted by Crippen LogP contribution is -2.47. The van der Waals surface area contributed by atoms with E-state index in [0.29, 0.717) is 6.04 Å². The maximum absolute atomic E-state index is 13.4. The molecule has 148 valence electrons. The molecule has 2 aromatic carbocycles. The van der Waals surface area contributed by atoms with E-state index in [9.17, 15) is 9.18 Å². The number of hydrogen-bond donors (Lipinski definition) is 1. The zero-order chi connectivity index (χ0) is 19.3. The molecule has 0 bridgehead atoms. The number of rotatable bonds is 4. The molecule has 2 heterocycles. The number of halogens is 1. The molecular weight excluding hydrogens is 371 g/mol. The third-order valence-electron chi connectivity index (χ3n) is 5.84. The molecule has 2 aromatic rings. The highest BCUT2D eigenvalue weighted by molar-refractivity contribution is 7.99. The number of thioether (sulfide) groups is 1. The van der Waals surface area contributed by atoms with Crippen molar-refractivity contribution in [3.05, 3.63) is 54.3 Å². The Morgan fingerprint density at radius 1 is 1.04 bits per heavy atom. The first kappa shape index (κ1) is 19.5. The van der Waals surface area contributed by atoms with Gasteiger partial charge in [0.1, 0.15) is 5.82 Å². The number of hydrogen-bond acceptors (Lipinski definition) is 3. The van der Waals surface area contributed by atoms with Gasteiger partial charge in [-0.3, -0.25) is 9.69 Å². The Labute approximate surface area is 170 Å². The topological polar surface area (TPSA) is 32.3 Å². The highest BCUT2D eigenvalue weighted by Gasteiger charge is 2.30. The van der Waals surface area contributed by atoms with Crippen molar-refractivity contribution in [3.63, 3.8) is 0 Å². The van der Waals surface area contributed by atoms with E-state index < -0.39 is 0 Å². The Kier molecular flexibility index (Phi) is 6.33. The number of piperidine rings is 1. The van der Waals surface area contributed by atoms with Gasteiger partial charge >= 0.3 is 0 Å². The number of nitrogens with zero attached hydrogens (tertiary/aromatic N) is 1. The molecule has 1 atom stereocenters. The first-order chi connectivity index (χ1) is 13.7. The maximum atomic E-state index is 13.4. The van der Waals surface area contributed by atoms with E-state index in [1.54, 1.807) is 6.07 Å². The highest BCUT2D eigenvalue weighted by Crippen LogP contribution is 2.27. The predicted molar refractivity (Wildman–Crippen MR) is 115 cm³/mol. The number of nitrogens with one attached hydrogen (secondary N) is 1. The highest BCUT2D eigenvalue weighted by atomic mass is 32.2. The first-order valence-corrected chi connectivity index (χ1v) is 11.3. The third-order valence-corrected chi connectivity index (χ3v) is 6.89. The largest absolute Gasteiger partial charge is 0.326 e. The van der Waals surface area contributed by atoms with Crippen LogP contribution in [0.25, 0.3) is 11.1 Å². The quantitative estimate of drug-likeness (QED) is 0.783. The van der Waals surface area contributed by atoms with Crippen molar-refractivity contribution in [2.24, 2.45) is 5.92 Å². The second-order valence-electron chi connectivity index (χ2n) is 7.75. The van der Waals surface area contributed by atoms with E-state index in [1.165, 1.54) is 36.5 Å². The lowest BCUT2D eigenvalue weighted by molar-refractivity contribution is -0.121. The van der Waals surface area contributed by atoms with Crippen molar-refractivity contribution >= 4 is 23.4 Å². The van der Waals surface area contributed by atoms with Crippen molar-refractivity contribution in [2.75, 3.05) is 29.9 Å². The van der Waals surface area contributed by atoms with E-state index in [-0.39, 0.29) is 17.6 Å². The smallest absolute Gasteiger partial charge is 0.228 e. The third kappa shape index (κ3) is 4.76. The summed E-state index contributed by atoms with van der Waals surface area (Å²) in [6.07, 6.45) is 4.56. The number of carbonyl (C=O) groups is 1. The lowest BCUT2D eigenvalue weighted by atomic mass is 9.94. The molecule has 0 radical (unpaired) electrons. The van der Waals surface area contributed by atoms with Gasteiger partial charge < -0.3 is 5.32 Å². The van der Waals surface area contributed by atoms with E-state index in [2.05, 4.69) is 10.2 Å². The predicted octanol–water partition coefficient (Wildman–Crippen LogP) is 5.04. The van der Waals surface area contributed by atoms with Crippen molar-refractivity contribution in [1.29, 1.82) is 0 Å². The fourth-order valence-corrected chi connectivity index (χ4v) is 5.34. The van der Waals surface area contributed by atoms with E-state index in [0.717, 1.165) is 42.7 Å². The SMILES string of the molecule is O=C(Nc1ccc(-c2cccc(F)c2)cc1)C1CCCN(C2CCSCC2)C1. The van der Waals surface area contributed by atoms with Gasteiger partial charge in [0.25, 0.3) is 0 Å². The summed E-state index contributed by atoms with van der Waals surface area (Å²) in [5.41, 5.74) is 2.58. The average Bonchev–Trinajstić information content (AvgIpc) is 2.75. The van der Waals surface area contributed by atoms with Crippen LogP contribution in [-0.4, -0.2) is 41.4 Å². The summed E-state index contributed by atoms with van der Waals surface area (Å²) in [6, 6.07) is 14.9. The summed E-state index contributed by atoms with van der Waals surface area (Å²) in [7, 11) is 0. The fourth-order valence-electron chi connectivity index (χ4n) is 4.26. The molecule has 4 rings (SSSR count). The normalized spacial score (nSPS) is 21.4. The van der Waals surface area contributed by atoms with E-state index in [4.69, 9.17) is 0 Å². The van der Waals surface area contributed by atoms with Crippen LogP contribution in [0.3, 0.4) is 0 Å². The van der Waals surface area contributed by atoms with Gasteiger partial charge in [-0.15, -0.1) is 0 Å². The number of anilines is 1. The molecule has 28 heavy (non-hydrogen) atoms. The van der Waals surface area contributed by atoms with E-state index in [1.807, 2.05) is 42.1 Å². The second-order valence-corrected chi connectivity index (χ2v) is 8.98. The van der Waals surface area contributed by atoms with Crippen LogP contribution in [-0.2, 0) is 4.79 Å². The van der Waals surface area contributed by atoms with Crippen molar-refractivity contribution in [1.82, 2.24) is 4.90 Å². The molecule has 1 N–H and O–H groups in total. The van der Waals surface area contributed by atoms with Crippen LogP contribution in [0, 0.1) is 11.7 Å². The molecule has 5 heteroatoms. The standard InChI is InChI=1S/C23H27FN2OS/c24-20-5-1-3-18(15-20)17-6-8-21(9-7-17)25-23(27)19-4-2-12-26(16-19)22-10-13-28-14-11-22/h1,3,5-9,15,19,22H,2,4,10-14,16H2,(H,25,27). The van der Waals surface area contributed by atoms with Crippen LogP contribution in [0.2, 0.25) is 0 Å². The zero-order valence-electron chi connectivity index (χ0n) is 16.1. The monoisotopic (exact) mass is 398 g/mol. The summed E-state index contributed by atoms with van der Waals surface area (Å²) in [4.78, 5) is 15.3. The van der Waals surface area contributed by atoms with Gasteiger partial charge in [0, 0.05) is 18.3 Å². The molecule has 1 amide bonds. The van der Waals surface area contributed by atoms with Gasteiger partial charge in [0.05, 0.1) is 5.92 Å². The van der Waals surface area contributed by atoms with Gasteiger partial charge in [-0.1, -0.05) is 24.3 Å². The Hall–Kier alpha value is -1.85. The summed E-state index contributed by atoms with van der Waals surface area (Å²) in [6.45, 7) is 2.00. The molecule has 3 nitrogen and oxygen atoms in total. The van der Waals surface area contributed by atoms with Crippen LogP contribution in [0.4, 0.5) is 10.1 Å². The molecule has 0 saturated carbocycles.